The van der Waals surface area contributed by atoms with Crippen molar-refractivity contribution in [3.63, 3.8) is 0 Å². The van der Waals surface area contributed by atoms with E-state index in [0.717, 1.165) is 0 Å². The van der Waals surface area contributed by atoms with Crippen molar-refractivity contribution in [3.8, 4) is 0 Å². The number of hydrogen-bond donors (Lipinski definition) is 1. The average molecular weight is 371 g/mol. The van der Waals surface area contributed by atoms with Crippen molar-refractivity contribution < 1.29 is 8.42 Å². The largest absolute Gasteiger partial charge is 0.343 e. The molecule has 3 aromatic rings. The summed E-state index contributed by atoms with van der Waals surface area (Å²) in [7, 11) is -4.36. The molecule has 0 atom stereocenters. The standard InChI is InChI=1S/C14H8Cl2N2O4S/c15-8-1-4-10(5-2-8)23(21,22)18-13(19)11-7-9(16)3-6-12(11)17-14(18)20/h1-7H,(H,17,20). The minimum Gasteiger partial charge on any atom is -0.306 e. The number of halogens is 2. The van der Waals surface area contributed by atoms with E-state index in [2.05, 4.69) is 4.98 Å². The summed E-state index contributed by atoms with van der Waals surface area (Å²) in [6.45, 7) is 0. The predicted molar refractivity (Wildman–Crippen MR) is 87.9 cm³/mol. The Hall–Kier alpha value is -2.09. The molecule has 0 bridgehead atoms. The van der Waals surface area contributed by atoms with Crippen LogP contribution in [0.5, 0.6) is 0 Å². The first-order valence-corrected chi connectivity index (χ1v) is 8.46. The molecule has 6 nitrogen and oxygen atoms in total. The molecule has 0 saturated heterocycles. The molecule has 0 saturated carbocycles. The molecule has 0 aliphatic carbocycles. The molecule has 118 valence electrons. The molecule has 0 spiro atoms. The van der Waals surface area contributed by atoms with Crippen LogP contribution >= 0.6 is 23.2 Å². The van der Waals surface area contributed by atoms with Crippen molar-refractivity contribution in [1.29, 1.82) is 0 Å². The lowest BCUT2D eigenvalue weighted by molar-refractivity contribution is 0.582. The van der Waals surface area contributed by atoms with E-state index >= 15 is 0 Å². The van der Waals surface area contributed by atoms with E-state index in [0.29, 0.717) is 5.02 Å². The van der Waals surface area contributed by atoms with Crippen molar-refractivity contribution >= 4 is 44.1 Å². The summed E-state index contributed by atoms with van der Waals surface area (Å²) in [5, 5.41) is 0.572. The summed E-state index contributed by atoms with van der Waals surface area (Å²) in [5.74, 6) is 0. The van der Waals surface area contributed by atoms with Crippen molar-refractivity contribution in [3.05, 3.63) is 73.3 Å². The zero-order chi connectivity index (χ0) is 16.8. The Balaban J connectivity index is 2.38. The molecule has 0 aliphatic heterocycles. The van der Waals surface area contributed by atoms with E-state index in [9.17, 15) is 18.0 Å². The fourth-order valence-electron chi connectivity index (χ4n) is 2.10. The van der Waals surface area contributed by atoms with Crippen molar-refractivity contribution in [2.45, 2.75) is 4.90 Å². The molecule has 1 aromatic heterocycles. The van der Waals surface area contributed by atoms with Gasteiger partial charge in [0.1, 0.15) is 0 Å². The molecule has 0 amide bonds. The van der Waals surface area contributed by atoms with E-state index in [1.165, 1.54) is 42.5 Å². The summed E-state index contributed by atoms with van der Waals surface area (Å²) in [6, 6.07) is 9.34. The van der Waals surface area contributed by atoms with Crippen LogP contribution in [0.4, 0.5) is 0 Å². The number of nitrogens with zero attached hydrogens (tertiary/aromatic N) is 1. The van der Waals surface area contributed by atoms with Gasteiger partial charge in [-0.25, -0.2) is 13.2 Å². The fraction of sp³-hybridized carbons (Fsp3) is 0. The van der Waals surface area contributed by atoms with E-state index < -0.39 is 21.3 Å². The number of benzene rings is 2. The lowest BCUT2D eigenvalue weighted by Crippen LogP contribution is -2.39. The Kier molecular flexibility index (Phi) is 3.79. The van der Waals surface area contributed by atoms with Gasteiger partial charge in [-0.1, -0.05) is 23.2 Å². The van der Waals surface area contributed by atoms with Crippen LogP contribution < -0.4 is 11.2 Å². The maximum atomic E-state index is 12.6. The third-order valence-electron chi connectivity index (χ3n) is 3.17. The summed E-state index contributed by atoms with van der Waals surface area (Å²) < 4.78 is 25.3. The smallest absolute Gasteiger partial charge is 0.306 e. The lowest BCUT2D eigenvalue weighted by Gasteiger charge is -2.08. The Labute approximate surface area is 140 Å². The van der Waals surface area contributed by atoms with Crippen LogP contribution in [0.15, 0.2) is 56.9 Å². The highest BCUT2D eigenvalue weighted by molar-refractivity contribution is 7.90. The topological polar surface area (TPSA) is 89.0 Å². The summed E-state index contributed by atoms with van der Waals surface area (Å²) in [4.78, 5) is 26.7. The van der Waals surface area contributed by atoms with Gasteiger partial charge < -0.3 is 4.98 Å². The summed E-state index contributed by atoms with van der Waals surface area (Å²) in [6.07, 6.45) is 0. The first-order valence-electron chi connectivity index (χ1n) is 6.26. The summed E-state index contributed by atoms with van der Waals surface area (Å²) >= 11 is 11.5. The molecular weight excluding hydrogens is 363 g/mol. The van der Waals surface area contributed by atoms with Gasteiger partial charge >= 0.3 is 5.69 Å². The second kappa shape index (κ2) is 5.52. The van der Waals surface area contributed by atoms with Gasteiger partial charge in [0.05, 0.1) is 15.8 Å². The van der Waals surface area contributed by atoms with E-state index in [4.69, 9.17) is 23.2 Å². The predicted octanol–water partition coefficient (Wildman–Crippen LogP) is 2.23. The van der Waals surface area contributed by atoms with Gasteiger partial charge in [0, 0.05) is 10.0 Å². The first-order chi connectivity index (χ1) is 10.8. The van der Waals surface area contributed by atoms with Gasteiger partial charge in [-0.2, -0.15) is 0 Å². The van der Waals surface area contributed by atoms with Gasteiger partial charge in [-0.3, -0.25) is 4.79 Å². The molecule has 0 aliphatic rings. The highest BCUT2D eigenvalue weighted by Crippen LogP contribution is 2.17. The van der Waals surface area contributed by atoms with Crippen LogP contribution in [0.25, 0.3) is 10.9 Å². The van der Waals surface area contributed by atoms with E-state index in [-0.39, 0.29) is 24.8 Å². The maximum absolute atomic E-state index is 12.6. The minimum atomic E-state index is -4.36. The third-order valence-corrected chi connectivity index (χ3v) is 5.34. The molecule has 0 unspecified atom stereocenters. The van der Waals surface area contributed by atoms with Crippen molar-refractivity contribution in [1.82, 2.24) is 8.96 Å². The van der Waals surface area contributed by atoms with Gasteiger partial charge in [0.25, 0.3) is 15.6 Å². The molecule has 3 rings (SSSR count). The van der Waals surface area contributed by atoms with Crippen LogP contribution in [-0.4, -0.2) is 17.4 Å². The van der Waals surface area contributed by atoms with Gasteiger partial charge in [0.2, 0.25) is 0 Å². The average Bonchev–Trinajstić information content (AvgIpc) is 2.48. The second-order valence-electron chi connectivity index (χ2n) is 4.65. The second-order valence-corrected chi connectivity index (χ2v) is 7.31. The number of aromatic nitrogens is 2. The SMILES string of the molecule is O=c1[nH]c2ccc(Cl)cc2c(=O)n1S(=O)(=O)c1ccc(Cl)cc1. The first kappa shape index (κ1) is 15.8. The number of nitrogens with one attached hydrogen (secondary N) is 1. The Morgan fingerprint density at radius 3 is 2.17 bits per heavy atom. The number of hydrogen-bond acceptors (Lipinski definition) is 4. The zero-order valence-corrected chi connectivity index (χ0v) is 13.6. The lowest BCUT2D eigenvalue weighted by atomic mass is 10.2. The number of H-pyrrole nitrogens is 1. The normalized spacial score (nSPS) is 11.7. The van der Waals surface area contributed by atoms with E-state index in [1.807, 2.05) is 0 Å². The highest BCUT2D eigenvalue weighted by atomic mass is 35.5. The molecule has 2 aromatic carbocycles. The molecular formula is C14H8Cl2N2O4S. The van der Waals surface area contributed by atoms with Crippen LogP contribution in [0.3, 0.4) is 0 Å². The van der Waals surface area contributed by atoms with Crippen LogP contribution in [0.1, 0.15) is 0 Å². The number of aromatic amines is 1. The minimum absolute atomic E-state index is 0.00496. The van der Waals surface area contributed by atoms with Crippen LogP contribution in [-0.2, 0) is 10.0 Å². The maximum Gasteiger partial charge on any atom is 0.343 e. The zero-order valence-electron chi connectivity index (χ0n) is 11.3. The van der Waals surface area contributed by atoms with Gasteiger partial charge in [-0.15, -0.1) is 3.97 Å². The highest BCUT2D eigenvalue weighted by Gasteiger charge is 2.23. The molecule has 9 heteroatoms. The molecule has 23 heavy (non-hydrogen) atoms. The number of rotatable bonds is 2. The molecule has 1 heterocycles. The quantitative estimate of drug-likeness (QED) is 0.748. The molecule has 0 radical (unpaired) electrons. The Morgan fingerprint density at radius 1 is 0.913 bits per heavy atom. The third kappa shape index (κ3) is 2.67. The summed E-state index contributed by atoms with van der Waals surface area (Å²) in [5.41, 5.74) is -1.83. The fourth-order valence-corrected chi connectivity index (χ4v) is 3.67. The van der Waals surface area contributed by atoms with Crippen LogP contribution in [0.2, 0.25) is 10.0 Å². The monoisotopic (exact) mass is 370 g/mol. The Bertz CT molecular complexity index is 1130. The van der Waals surface area contributed by atoms with Gasteiger partial charge in [-0.05, 0) is 42.5 Å². The van der Waals surface area contributed by atoms with Crippen molar-refractivity contribution in [2.24, 2.45) is 0 Å². The van der Waals surface area contributed by atoms with Crippen LogP contribution in [0, 0.1) is 0 Å². The molecule has 1 N–H and O–H groups in total. The Morgan fingerprint density at radius 2 is 1.52 bits per heavy atom. The van der Waals surface area contributed by atoms with E-state index in [1.54, 1.807) is 0 Å². The van der Waals surface area contributed by atoms with Crippen molar-refractivity contribution in [2.75, 3.05) is 0 Å². The number of fused-ring (bicyclic) bond motifs is 1. The van der Waals surface area contributed by atoms with Gasteiger partial charge in [0.15, 0.2) is 0 Å². The molecule has 0 fully saturated rings.